The molecule has 0 aliphatic rings. The molecule has 2 aromatic rings. The molecule has 0 aliphatic carbocycles. The lowest BCUT2D eigenvalue weighted by Crippen LogP contribution is -2.18. The van der Waals surface area contributed by atoms with Crippen molar-refractivity contribution in [2.45, 2.75) is 19.6 Å². The van der Waals surface area contributed by atoms with Crippen molar-refractivity contribution in [1.29, 1.82) is 0 Å². The number of rotatable bonds is 5. The Morgan fingerprint density at radius 2 is 2.06 bits per heavy atom. The van der Waals surface area contributed by atoms with Gasteiger partial charge in [0.15, 0.2) is 0 Å². The van der Waals surface area contributed by atoms with Crippen LogP contribution < -0.4 is 5.73 Å². The van der Waals surface area contributed by atoms with Gasteiger partial charge in [-0.3, -0.25) is 4.90 Å². The van der Waals surface area contributed by atoms with Crippen LogP contribution in [-0.2, 0) is 19.6 Å². The van der Waals surface area contributed by atoms with Crippen molar-refractivity contribution in [3.05, 3.63) is 59.3 Å². The number of hydrogen-bond donors (Lipinski definition) is 1. The number of nitrogens with zero attached hydrogens (tertiary/aromatic N) is 1. The minimum atomic E-state index is -0.239. The lowest BCUT2D eigenvalue weighted by molar-refractivity contribution is 0.316. The monoisotopic (exact) mass is 248 g/mol. The highest BCUT2D eigenvalue weighted by molar-refractivity contribution is 5.27. The molecule has 2 rings (SSSR count). The van der Waals surface area contributed by atoms with Crippen molar-refractivity contribution < 1.29 is 8.81 Å². The number of furan rings is 1. The Kier molecular flexibility index (Phi) is 4.12. The maximum atomic E-state index is 13.1. The summed E-state index contributed by atoms with van der Waals surface area (Å²) in [6.45, 7) is 1.88. The minimum Gasteiger partial charge on any atom is -0.472 e. The molecule has 2 N–H and O–H groups in total. The second-order valence-electron chi connectivity index (χ2n) is 4.42. The molecule has 0 radical (unpaired) electrons. The highest BCUT2D eigenvalue weighted by Gasteiger charge is 2.07. The molecule has 0 bridgehead atoms. The van der Waals surface area contributed by atoms with Crippen molar-refractivity contribution in [1.82, 2.24) is 4.90 Å². The van der Waals surface area contributed by atoms with Gasteiger partial charge in [-0.05, 0) is 36.4 Å². The maximum Gasteiger partial charge on any atom is 0.123 e. The molecule has 3 nitrogen and oxygen atoms in total. The molecule has 1 aromatic heterocycles. The Morgan fingerprint density at radius 3 is 2.72 bits per heavy atom. The van der Waals surface area contributed by atoms with E-state index >= 15 is 0 Å². The third-order valence-corrected chi connectivity index (χ3v) is 2.86. The first-order chi connectivity index (χ1) is 8.69. The van der Waals surface area contributed by atoms with E-state index in [1.165, 1.54) is 12.1 Å². The SMILES string of the molecule is CN(Cc1ccoc1)Cc1ccc(F)cc1CN. The van der Waals surface area contributed by atoms with Gasteiger partial charge in [-0.25, -0.2) is 4.39 Å². The summed E-state index contributed by atoms with van der Waals surface area (Å²) in [5.74, 6) is -0.239. The molecule has 0 unspecified atom stereocenters. The van der Waals surface area contributed by atoms with Gasteiger partial charge in [-0.15, -0.1) is 0 Å². The standard InChI is InChI=1S/C14H17FN2O/c1-17(8-11-4-5-18-10-11)9-12-2-3-14(15)6-13(12)7-16/h2-6,10H,7-9,16H2,1H3. The van der Waals surface area contributed by atoms with Gasteiger partial charge in [0.2, 0.25) is 0 Å². The molecule has 4 heteroatoms. The van der Waals surface area contributed by atoms with Crippen LogP contribution in [0.25, 0.3) is 0 Å². The largest absolute Gasteiger partial charge is 0.472 e. The van der Waals surface area contributed by atoms with Crippen molar-refractivity contribution in [3.8, 4) is 0 Å². The Bertz CT molecular complexity index is 497. The Labute approximate surface area is 106 Å². The summed E-state index contributed by atoms with van der Waals surface area (Å²) in [6, 6.07) is 6.70. The van der Waals surface area contributed by atoms with Gasteiger partial charge in [0.05, 0.1) is 12.5 Å². The van der Waals surface area contributed by atoms with E-state index in [1.807, 2.05) is 13.1 Å². The molecule has 96 valence electrons. The highest BCUT2D eigenvalue weighted by Crippen LogP contribution is 2.14. The topological polar surface area (TPSA) is 42.4 Å². The molecule has 0 saturated heterocycles. The van der Waals surface area contributed by atoms with Crippen LogP contribution in [0.4, 0.5) is 4.39 Å². The number of nitrogens with two attached hydrogens (primary N) is 1. The average Bonchev–Trinajstić information content (AvgIpc) is 2.84. The molecule has 0 amide bonds. The Hall–Kier alpha value is -1.65. The van der Waals surface area contributed by atoms with Crippen LogP contribution in [-0.4, -0.2) is 11.9 Å². The first kappa shape index (κ1) is 12.8. The molecular weight excluding hydrogens is 231 g/mol. The van der Waals surface area contributed by atoms with Crippen molar-refractivity contribution >= 4 is 0 Å². The first-order valence-electron chi connectivity index (χ1n) is 5.86. The van der Waals surface area contributed by atoms with Gasteiger partial charge in [0.25, 0.3) is 0 Å². The van der Waals surface area contributed by atoms with Crippen molar-refractivity contribution in [2.24, 2.45) is 5.73 Å². The predicted molar refractivity (Wildman–Crippen MR) is 68.2 cm³/mol. The van der Waals surface area contributed by atoms with Crippen LogP contribution in [0.2, 0.25) is 0 Å². The molecule has 0 spiro atoms. The first-order valence-corrected chi connectivity index (χ1v) is 5.86. The van der Waals surface area contributed by atoms with Crippen LogP contribution in [0.3, 0.4) is 0 Å². The smallest absolute Gasteiger partial charge is 0.123 e. The third-order valence-electron chi connectivity index (χ3n) is 2.86. The van der Waals surface area contributed by atoms with Gasteiger partial charge in [0.1, 0.15) is 5.82 Å². The summed E-state index contributed by atoms with van der Waals surface area (Å²) >= 11 is 0. The molecule has 0 fully saturated rings. The Morgan fingerprint density at radius 1 is 1.22 bits per heavy atom. The fraction of sp³-hybridized carbons (Fsp3) is 0.286. The lowest BCUT2D eigenvalue weighted by atomic mass is 10.1. The van der Waals surface area contributed by atoms with Gasteiger partial charge in [-0.1, -0.05) is 6.07 Å². The van der Waals surface area contributed by atoms with Crippen LogP contribution in [0.1, 0.15) is 16.7 Å². The maximum absolute atomic E-state index is 13.1. The van der Waals surface area contributed by atoms with Crippen LogP contribution in [0, 0.1) is 5.82 Å². The number of benzene rings is 1. The molecule has 18 heavy (non-hydrogen) atoms. The fourth-order valence-electron chi connectivity index (χ4n) is 1.98. The zero-order valence-electron chi connectivity index (χ0n) is 10.4. The molecule has 0 saturated carbocycles. The summed E-state index contributed by atoms with van der Waals surface area (Å²) in [7, 11) is 2.01. The Balaban J connectivity index is 2.04. The predicted octanol–water partition coefficient (Wildman–Crippen LogP) is 2.51. The van der Waals surface area contributed by atoms with Crippen LogP contribution in [0.5, 0.6) is 0 Å². The van der Waals surface area contributed by atoms with E-state index < -0.39 is 0 Å². The molecule has 0 aliphatic heterocycles. The highest BCUT2D eigenvalue weighted by atomic mass is 19.1. The van der Waals surface area contributed by atoms with Gasteiger partial charge in [0, 0.05) is 25.2 Å². The van der Waals surface area contributed by atoms with Gasteiger partial charge >= 0.3 is 0 Å². The third kappa shape index (κ3) is 3.18. The average molecular weight is 248 g/mol. The van der Waals surface area contributed by atoms with Gasteiger partial charge < -0.3 is 10.2 Å². The molecule has 0 atom stereocenters. The lowest BCUT2D eigenvalue weighted by Gasteiger charge is -2.17. The van der Waals surface area contributed by atoms with E-state index in [-0.39, 0.29) is 5.82 Å². The zero-order valence-corrected chi connectivity index (χ0v) is 10.4. The van der Waals surface area contributed by atoms with Crippen LogP contribution in [0.15, 0.2) is 41.2 Å². The zero-order chi connectivity index (χ0) is 13.0. The van der Waals surface area contributed by atoms with E-state index in [0.717, 1.165) is 29.8 Å². The minimum absolute atomic E-state index is 0.239. The van der Waals surface area contributed by atoms with E-state index in [4.69, 9.17) is 10.2 Å². The quantitative estimate of drug-likeness (QED) is 0.884. The summed E-state index contributed by atoms with van der Waals surface area (Å²) in [4.78, 5) is 2.14. The van der Waals surface area contributed by atoms with E-state index in [1.54, 1.807) is 18.6 Å². The summed E-state index contributed by atoms with van der Waals surface area (Å²) in [5, 5.41) is 0. The fourth-order valence-corrected chi connectivity index (χ4v) is 1.98. The molecular formula is C14H17FN2O. The normalized spacial score (nSPS) is 11.1. The summed E-state index contributed by atoms with van der Waals surface area (Å²) in [5.41, 5.74) is 8.67. The summed E-state index contributed by atoms with van der Waals surface area (Å²) in [6.07, 6.45) is 3.39. The van der Waals surface area contributed by atoms with E-state index in [9.17, 15) is 4.39 Å². The second kappa shape index (κ2) is 5.80. The number of hydrogen-bond acceptors (Lipinski definition) is 3. The van der Waals surface area contributed by atoms with E-state index in [2.05, 4.69) is 4.90 Å². The molecule has 1 heterocycles. The van der Waals surface area contributed by atoms with E-state index in [0.29, 0.717) is 6.54 Å². The second-order valence-corrected chi connectivity index (χ2v) is 4.42. The van der Waals surface area contributed by atoms with Crippen molar-refractivity contribution in [2.75, 3.05) is 7.05 Å². The van der Waals surface area contributed by atoms with Gasteiger partial charge in [-0.2, -0.15) is 0 Å². The summed E-state index contributed by atoms with van der Waals surface area (Å²) < 4.78 is 18.1. The number of halogens is 1. The van der Waals surface area contributed by atoms with Crippen molar-refractivity contribution in [3.63, 3.8) is 0 Å². The molecule has 1 aromatic carbocycles. The van der Waals surface area contributed by atoms with Crippen LogP contribution >= 0.6 is 0 Å².